The summed E-state index contributed by atoms with van der Waals surface area (Å²) in [5, 5.41) is 11.8. The quantitative estimate of drug-likeness (QED) is 0.907. The van der Waals surface area contributed by atoms with E-state index in [0.717, 1.165) is 0 Å². The largest absolute Gasteiger partial charge is 0.491 e. The van der Waals surface area contributed by atoms with E-state index >= 15 is 0 Å². The molecule has 0 aliphatic carbocycles. The number of nitriles is 1. The van der Waals surface area contributed by atoms with Crippen molar-refractivity contribution in [3.05, 3.63) is 30.1 Å². The van der Waals surface area contributed by atoms with E-state index in [1.165, 1.54) is 12.1 Å². The molecule has 0 aliphatic rings. The topological polar surface area (TPSA) is 62.1 Å². The summed E-state index contributed by atoms with van der Waals surface area (Å²) in [5.74, 6) is -1.01. The summed E-state index contributed by atoms with van der Waals surface area (Å²) in [6.07, 6.45) is 0. The summed E-state index contributed by atoms with van der Waals surface area (Å²) < 4.78 is 18.4. The molecule has 1 aromatic carbocycles. The van der Waals surface area contributed by atoms with Crippen LogP contribution in [-0.4, -0.2) is 18.6 Å². The fourth-order valence-electron chi connectivity index (χ4n) is 1.79. The second-order valence-corrected chi connectivity index (χ2v) is 6.11. The molecular weight excluding hydrogens is 271 g/mol. The molecule has 0 bridgehead atoms. The van der Waals surface area contributed by atoms with Crippen molar-refractivity contribution in [1.29, 1.82) is 5.26 Å². The highest BCUT2D eigenvalue weighted by molar-refractivity contribution is 5.82. The molecule has 0 fully saturated rings. The highest BCUT2D eigenvalue weighted by Gasteiger charge is 2.31. The van der Waals surface area contributed by atoms with Gasteiger partial charge in [0.1, 0.15) is 24.1 Å². The Bertz CT molecular complexity index is 532. The Balaban J connectivity index is 2.52. The number of hydrogen-bond acceptors (Lipinski definition) is 3. The molecule has 1 unspecified atom stereocenters. The Labute approximate surface area is 124 Å². The van der Waals surface area contributed by atoms with Gasteiger partial charge in [-0.3, -0.25) is 4.79 Å². The van der Waals surface area contributed by atoms with E-state index in [9.17, 15) is 9.18 Å². The van der Waals surface area contributed by atoms with Crippen molar-refractivity contribution < 1.29 is 13.9 Å². The molecule has 1 rings (SSSR count). The fraction of sp³-hybridized carbons (Fsp3) is 0.500. The fourth-order valence-corrected chi connectivity index (χ4v) is 1.79. The average molecular weight is 292 g/mol. The Morgan fingerprint density at radius 1 is 1.48 bits per heavy atom. The molecule has 1 N–H and O–H groups in total. The lowest BCUT2D eigenvalue weighted by molar-refractivity contribution is -0.126. The summed E-state index contributed by atoms with van der Waals surface area (Å²) in [6.45, 7) is 7.50. The van der Waals surface area contributed by atoms with Gasteiger partial charge in [0, 0.05) is 6.07 Å². The highest BCUT2D eigenvalue weighted by atomic mass is 19.1. The Morgan fingerprint density at radius 3 is 2.67 bits per heavy atom. The molecule has 1 amide bonds. The Kier molecular flexibility index (Phi) is 5.71. The van der Waals surface area contributed by atoms with Crippen molar-refractivity contribution >= 4 is 5.91 Å². The van der Waals surface area contributed by atoms with Crippen molar-refractivity contribution in [3.63, 3.8) is 0 Å². The van der Waals surface area contributed by atoms with Crippen molar-refractivity contribution in [1.82, 2.24) is 5.32 Å². The number of amides is 1. The third kappa shape index (κ3) is 5.42. The van der Waals surface area contributed by atoms with Crippen LogP contribution in [0.15, 0.2) is 24.3 Å². The van der Waals surface area contributed by atoms with Crippen molar-refractivity contribution in [2.24, 2.45) is 11.3 Å². The van der Waals surface area contributed by atoms with Crippen LogP contribution in [0.3, 0.4) is 0 Å². The van der Waals surface area contributed by atoms with Gasteiger partial charge in [-0.05, 0) is 24.5 Å². The number of carbonyl (C=O) groups is 1. The van der Waals surface area contributed by atoms with E-state index in [0.29, 0.717) is 5.75 Å². The minimum Gasteiger partial charge on any atom is -0.491 e. The first-order valence-electron chi connectivity index (χ1n) is 6.82. The first kappa shape index (κ1) is 17.0. The second-order valence-electron chi connectivity index (χ2n) is 6.11. The normalized spacial score (nSPS) is 13.9. The number of nitrogens with one attached hydrogen (secondary N) is 1. The van der Waals surface area contributed by atoms with Crippen LogP contribution < -0.4 is 10.1 Å². The van der Waals surface area contributed by atoms with Gasteiger partial charge in [-0.2, -0.15) is 5.26 Å². The van der Waals surface area contributed by atoms with Crippen molar-refractivity contribution in [2.45, 2.75) is 33.7 Å². The first-order valence-corrected chi connectivity index (χ1v) is 6.82. The maximum atomic E-state index is 13.0. The monoisotopic (exact) mass is 292 g/mol. The number of rotatable bonds is 5. The molecular formula is C16H21FN2O2. The second kappa shape index (κ2) is 7.07. The summed E-state index contributed by atoms with van der Waals surface area (Å²) in [7, 11) is 0. The Morgan fingerprint density at radius 2 is 2.14 bits per heavy atom. The molecule has 0 aliphatic heterocycles. The molecule has 5 heteroatoms. The number of ether oxygens (including phenoxy) is 1. The molecule has 0 radical (unpaired) electrons. The molecule has 0 heterocycles. The third-order valence-electron chi connectivity index (χ3n) is 2.94. The van der Waals surface area contributed by atoms with Crippen LogP contribution in [0.1, 0.15) is 27.7 Å². The standard InChI is InChI=1S/C16H21FN2O2/c1-11(10-21-13-7-5-6-12(17)8-13)19-15(20)14(9-18)16(2,3)4/h5-8,11,14H,10H2,1-4H3,(H,19,20)/t11?,14-/m1/s1. The molecule has 2 atom stereocenters. The zero-order chi connectivity index (χ0) is 16.0. The zero-order valence-corrected chi connectivity index (χ0v) is 12.8. The van der Waals surface area contributed by atoms with Crippen LogP contribution in [0.5, 0.6) is 5.75 Å². The summed E-state index contributed by atoms with van der Waals surface area (Å²) in [6, 6.07) is 7.56. The van der Waals surface area contributed by atoms with Crippen LogP contribution in [0.4, 0.5) is 4.39 Å². The van der Waals surface area contributed by atoms with E-state index < -0.39 is 11.3 Å². The van der Waals surface area contributed by atoms with E-state index in [1.807, 2.05) is 26.8 Å². The molecule has 1 aromatic rings. The lowest BCUT2D eigenvalue weighted by atomic mass is 9.81. The molecule has 0 aromatic heterocycles. The van der Waals surface area contributed by atoms with Crippen LogP contribution in [-0.2, 0) is 4.79 Å². The predicted molar refractivity (Wildman–Crippen MR) is 78.1 cm³/mol. The van der Waals surface area contributed by atoms with Gasteiger partial charge >= 0.3 is 0 Å². The number of halogens is 1. The highest BCUT2D eigenvalue weighted by Crippen LogP contribution is 2.25. The van der Waals surface area contributed by atoms with E-state index in [1.54, 1.807) is 19.1 Å². The van der Waals surface area contributed by atoms with E-state index in [4.69, 9.17) is 10.00 Å². The molecule has 114 valence electrons. The minimum absolute atomic E-state index is 0.206. The molecule has 0 spiro atoms. The van der Waals surface area contributed by atoms with Crippen molar-refractivity contribution in [3.8, 4) is 11.8 Å². The number of hydrogen-bond donors (Lipinski definition) is 1. The summed E-state index contributed by atoms with van der Waals surface area (Å²) in [5.41, 5.74) is -0.429. The van der Waals surface area contributed by atoms with Gasteiger partial charge in [0.2, 0.25) is 5.91 Å². The zero-order valence-electron chi connectivity index (χ0n) is 12.8. The molecule has 4 nitrogen and oxygen atoms in total. The predicted octanol–water partition coefficient (Wildman–Crippen LogP) is 2.90. The smallest absolute Gasteiger partial charge is 0.238 e. The maximum absolute atomic E-state index is 13.0. The number of carbonyl (C=O) groups excluding carboxylic acids is 1. The van der Waals surface area contributed by atoms with Crippen molar-refractivity contribution in [2.75, 3.05) is 6.61 Å². The average Bonchev–Trinajstić information content (AvgIpc) is 2.35. The van der Waals surface area contributed by atoms with Gasteiger partial charge in [0.25, 0.3) is 0 Å². The van der Waals surface area contributed by atoms with Gasteiger partial charge in [0.05, 0.1) is 12.1 Å². The van der Waals surface area contributed by atoms with Gasteiger partial charge in [-0.1, -0.05) is 26.8 Å². The van der Waals surface area contributed by atoms with Gasteiger partial charge < -0.3 is 10.1 Å². The summed E-state index contributed by atoms with van der Waals surface area (Å²) >= 11 is 0. The van der Waals surface area contributed by atoms with Gasteiger partial charge in [-0.25, -0.2) is 4.39 Å². The lowest BCUT2D eigenvalue weighted by Gasteiger charge is -2.25. The minimum atomic E-state index is -0.728. The molecule has 0 saturated carbocycles. The lowest BCUT2D eigenvalue weighted by Crippen LogP contribution is -2.43. The molecule has 0 saturated heterocycles. The summed E-state index contributed by atoms with van der Waals surface area (Å²) in [4.78, 5) is 12.0. The van der Waals surface area contributed by atoms with E-state index in [-0.39, 0.29) is 24.4 Å². The van der Waals surface area contributed by atoms with Crippen LogP contribution in [0.2, 0.25) is 0 Å². The maximum Gasteiger partial charge on any atom is 0.238 e. The SMILES string of the molecule is CC(COc1cccc(F)c1)NC(=O)[C@@H](C#N)C(C)(C)C. The van der Waals surface area contributed by atoms with Crippen LogP contribution in [0.25, 0.3) is 0 Å². The van der Waals surface area contributed by atoms with Gasteiger partial charge in [0.15, 0.2) is 0 Å². The third-order valence-corrected chi connectivity index (χ3v) is 2.94. The molecule has 21 heavy (non-hydrogen) atoms. The van der Waals surface area contributed by atoms with Gasteiger partial charge in [-0.15, -0.1) is 0 Å². The van der Waals surface area contributed by atoms with Crippen LogP contribution >= 0.6 is 0 Å². The van der Waals surface area contributed by atoms with E-state index in [2.05, 4.69) is 5.32 Å². The Hall–Kier alpha value is -2.09. The van der Waals surface area contributed by atoms with Crippen LogP contribution in [0, 0.1) is 28.5 Å². The first-order chi connectivity index (χ1) is 9.74. The number of nitrogens with zero attached hydrogens (tertiary/aromatic N) is 1. The number of benzene rings is 1.